The third-order valence-electron chi connectivity index (χ3n) is 5.06. The molecule has 0 unspecified atom stereocenters. The minimum atomic E-state index is -0.173. The Morgan fingerprint density at radius 3 is 2.48 bits per heavy atom. The van der Waals surface area contributed by atoms with Crippen molar-refractivity contribution in [2.45, 2.75) is 13.0 Å². The first-order valence-corrected chi connectivity index (χ1v) is 9.59. The molecular formula is C22H28N2O5. The Kier molecular flexibility index (Phi) is 6.36. The number of hydrogen-bond acceptors (Lipinski definition) is 6. The Hall–Kier alpha value is -3.09. The predicted molar refractivity (Wildman–Crippen MR) is 112 cm³/mol. The lowest BCUT2D eigenvalue weighted by atomic mass is 10.1. The van der Waals surface area contributed by atoms with Gasteiger partial charge in [0.2, 0.25) is 5.75 Å². The molecule has 0 saturated heterocycles. The number of rotatable bonds is 7. The van der Waals surface area contributed by atoms with Crippen LogP contribution in [0.3, 0.4) is 0 Å². The van der Waals surface area contributed by atoms with Crippen molar-refractivity contribution in [2.24, 2.45) is 0 Å². The van der Waals surface area contributed by atoms with Crippen molar-refractivity contribution in [2.75, 3.05) is 52.9 Å². The van der Waals surface area contributed by atoms with Crippen molar-refractivity contribution in [3.63, 3.8) is 0 Å². The summed E-state index contributed by atoms with van der Waals surface area (Å²) in [5.41, 5.74) is 1.50. The molecule has 0 N–H and O–H groups in total. The third kappa shape index (κ3) is 4.04. The summed E-state index contributed by atoms with van der Waals surface area (Å²) in [7, 11) is 6.33. The van der Waals surface area contributed by atoms with E-state index in [9.17, 15) is 4.79 Å². The minimum absolute atomic E-state index is 0.134. The highest BCUT2D eigenvalue weighted by molar-refractivity contribution is 5.98. The fourth-order valence-corrected chi connectivity index (χ4v) is 3.64. The first-order valence-electron chi connectivity index (χ1n) is 9.59. The van der Waals surface area contributed by atoms with Gasteiger partial charge in [-0.15, -0.1) is 0 Å². The number of anilines is 1. The number of ether oxygens (including phenoxy) is 4. The molecule has 0 radical (unpaired) electrons. The SMILES string of the molecule is CCN1C[C@@H](CN(C)C(=O)c2ccc(OC)c(OC)c2OC)Oc2ccccc21. The van der Waals surface area contributed by atoms with E-state index in [0.717, 1.165) is 18.0 Å². The van der Waals surface area contributed by atoms with Crippen LogP contribution in [0.15, 0.2) is 36.4 Å². The molecule has 0 saturated carbocycles. The quantitative estimate of drug-likeness (QED) is 0.712. The van der Waals surface area contributed by atoms with E-state index in [4.69, 9.17) is 18.9 Å². The molecule has 29 heavy (non-hydrogen) atoms. The normalized spacial score (nSPS) is 15.2. The van der Waals surface area contributed by atoms with Crippen molar-refractivity contribution in [1.82, 2.24) is 4.90 Å². The molecule has 7 heteroatoms. The lowest BCUT2D eigenvalue weighted by Gasteiger charge is -2.37. The first-order chi connectivity index (χ1) is 14.0. The second kappa shape index (κ2) is 8.94. The van der Waals surface area contributed by atoms with E-state index >= 15 is 0 Å². The van der Waals surface area contributed by atoms with Gasteiger partial charge in [0.1, 0.15) is 11.9 Å². The summed E-state index contributed by atoms with van der Waals surface area (Å²) in [5.74, 6) is 1.93. The van der Waals surface area contributed by atoms with Crippen LogP contribution < -0.4 is 23.8 Å². The summed E-state index contributed by atoms with van der Waals surface area (Å²) in [6.45, 7) is 4.15. The Morgan fingerprint density at radius 2 is 1.83 bits per heavy atom. The van der Waals surface area contributed by atoms with Gasteiger partial charge >= 0.3 is 0 Å². The predicted octanol–water partition coefficient (Wildman–Crippen LogP) is 3.07. The van der Waals surface area contributed by atoms with Crippen LogP contribution in [-0.4, -0.2) is 64.9 Å². The minimum Gasteiger partial charge on any atom is -0.493 e. The van der Waals surface area contributed by atoms with Gasteiger partial charge in [0.05, 0.1) is 45.7 Å². The zero-order chi connectivity index (χ0) is 21.0. The maximum atomic E-state index is 13.1. The van der Waals surface area contributed by atoms with Crippen LogP contribution in [0, 0.1) is 0 Å². The van der Waals surface area contributed by atoms with Crippen LogP contribution >= 0.6 is 0 Å². The highest BCUT2D eigenvalue weighted by atomic mass is 16.5. The zero-order valence-corrected chi connectivity index (χ0v) is 17.6. The van der Waals surface area contributed by atoms with Crippen LogP contribution in [0.4, 0.5) is 5.69 Å². The Bertz CT molecular complexity index is 870. The summed E-state index contributed by atoms with van der Waals surface area (Å²) in [6, 6.07) is 11.4. The van der Waals surface area contributed by atoms with E-state index in [0.29, 0.717) is 35.9 Å². The maximum Gasteiger partial charge on any atom is 0.257 e. The molecular weight excluding hydrogens is 372 g/mol. The van der Waals surface area contributed by atoms with Crippen LogP contribution in [0.2, 0.25) is 0 Å². The molecule has 0 fully saturated rings. The molecule has 0 spiro atoms. The first kappa shape index (κ1) is 20.6. The number of benzene rings is 2. The molecule has 1 aliphatic heterocycles. The van der Waals surface area contributed by atoms with E-state index in [1.165, 1.54) is 14.2 Å². The Morgan fingerprint density at radius 1 is 1.10 bits per heavy atom. The lowest BCUT2D eigenvalue weighted by molar-refractivity contribution is 0.0705. The number of carbonyl (C=O) groups is 1. The number of carbonyl (C=O) groups excluding carboxylic acids is 1. The molecule has 1 aliphatic rings. The van der Waals surface area contributed by atoms with Gasteiger partial charge in [-0.1, -0.05) is 12.1 Å². The van der Waals surface area contributed by atoms with Gasteiger partial charge in [0.15, 0.2) is 11.5 Å². The van der Waals surface area contributed by atoms with Gasteiger partial charge in [-0.05, 0) is 31.2 Å². The van der Waals surface area contributed by atoms with Crippen molar-refractivity contribution >= 4 is 11.6 Å². The van der Waals surface area contributed by atoms with E-state index in [1.807, 2.05) is 18.2 Å². The summed E-state index contributed by atoms with van der Waals surface area (Å²) >= 11 is 0. The average molecular weight is 400 g/mol. The number of hydrogen-bond donors (Lipinski definition) is 0. The summed E-state index contributed by atoms with van der Waals surface area (Å²) in [6.07, 6.45) is -0.134. The number of para-hydroxylation sites is 2. The summed E-state index contributed by atoms with van der Waals surface area (Å²) in [5, 5.41) is 0. The summed E-state index contributed by atoms with van der Waals surface area (Å²) in [4.78, 5) is 17.1. The summed E-state index contributed by atoms with van der Waals surface area (Å²) < 4.78 is 22.3. The van der Waals surface area contributed by atoms with Gasteiger partial charge in [-0.25, -0.2) is 0 Å². The molecule has 0 bridgehead atoms. The van der Waals surface area contributed by atoms with Gasteiger partial charge in [-0.2, -0.15) is 0 Å². The lowest BCUT2D eigenvalue weighted by Crippen LogP contribution is -2.46. The van der Waals surface area contributed by atoms with Crippen LogP contribution in [0.25, 0.3) is 0 Å². The van der Waals surface area contributed by atoms with Crippen LogP contribution in [0.5, 0.6) is 23.0 Å². The second-order valence-electron chi connectivity index (χ2n) is 6.81. The molecule has 0 aliphatic carbocycles. The topological polar surface area (TPSA) is 60.5 Å². The molecule has 1 amide bonds. The van der Waals surface area contributed by atoms with E-state index < -0.39 is 0 Å². The van der Waals surface area contributed by atoms with Crippen molar-refractivity contribution in [3.05, 3.63) is 42.0 Å². The number of methoxy groups -OCH3 is 3. The second-order valence-corrected chi connectivity index (χ2v) is 6.81. The molecule has 7 nitrogen and oxygen atoms in total. The average Bonchev–Trinajstić information content (AvgIpc) is 2.76. The molecule has 3 rings (SSSR count). The fourth-order valence-electron chi connectivity index (χ4n) is 3.64. The Balaban J connectivity index is 1.80. The van der Waals surface area contributed by atoms with Gasteiger partial charge in [-0.3, -0.25) is 4.79 Å². The molecule has 2 aromatic carbocycles. The zero-order valence-electron chi connectivity index (χ0n) is 17.6. The van der Waals surface area contributed by atoms with Gasteiger partial charge in [0, 0.05) is 13.6 Å². The largest absolute Gasteiger partial charge is 0.493 e. The van der Waals surface area contributed by atoms with Crippen molar-refractivity contribution in [1.29, 1.82) is 0 Å². The highest BCUT2D eigenvalue weighted by Crippen LogP contribution is 2.40. The van der Waals surface area contributed by atoms with Crippen LogP contribution in [0.1, 0.15) is 17.3 Å². The van der Waals surface area contributed by atoms with E-state index in [-0.39, 0.29) is 12.0 Å². The molecule has 156 valence electrons. The monoisotopic (exact) mass is 400 g/mol. The maximum absolute atomic E-state index is 13.1. The number of amides is 1. The number of fused-ring (bicyclic) bond motifs is 1. The molecule has 1 heterocycles. The molecule has 1 atom stereocenters. The fraction of sp³-hybridized carbons (Fsp3) is 0.409. The highest BCUT2D eigenvalue weighted by Gasteiger charge is 2.29. The standard InChI is InChI=1S/C22H28N2O5/c1-6-24-14-15(29-18-10-8-7-9-17(18)24)13-23(2)22(25)16-11-12-19(26-3)21(28-5)20(16)27-4/h7-12,15H,6,13-14H2,1-5H3/t15-/m1/s1. The van der Waals surface area contributed by atoms with Crippen LogP contribution in [-0.2, 0) is 0 Å². The van der Waals surface area contributed by atoms with Gasteiger partial charge < -0.3 is 28.7 Å². The number of likely N-dealkylation sites (N-methyl/N-ethyl adjacent to an activating group) is 2. The Labute approximate surface area is 171 Å². The molecule has 2 aromatic rings. The smallest absolute Gasteiger partial charge is 0.257 e. The van der Waals surface area contributed by atoms with E-state index in [1.54, 1.807) is 31.2 Å². The molecule has 0 aromatic heterocycles. The third-order valence-corrected chi connectivity index (χ3v) is 5.06. The van der Waals surface area contributed by atoms with Crippen molar-refractivity contribution in [3.8, 4) is 23.0 Å². The van der Waals surface area contributed by atoms with Gasteiger partial charge in [0.25, 0.3) is 5.91 Å². The number of nitrogens with zero attached hydrogens (tertiary/aromatic N) is 2. The van der Waals surface area contributed by atoms with E-state index in [2.05, 4.69) is 17.9 Å². The van der Waals surface area contributed by atoms with Crippen molar-refractivity contribution < 1.29 is 23.7 Å².